The number of aromatic hydroxyl groups is 2. The number of benzene rings is 1. The molecule has 2 fully saturated rings. The third-order valence-corrected chi connectivity index (χ3v) is 7.83. The maximum absolute atomic E-state index is 10.1. The molecule has 0 saturated heterocycles. The maximum Gasteiger partial charge on any atom is 0.161 e. The minimum absolute atomic E-state index is 0.0281. The van der Waals surface area contributed by atoms with E-state index >= 15 is 0 Å². The van der Waals surface area contributed by atoms with Crippen molar-refractivity contribution in [3.05, 3.63) is 17.7 Å². The number of hydrogen-bond donors (Lipinski definition) is 2. The Kier molecular flexibility index (Phi) is 3.58. The zero-order valence-corrected chi connectivity index (χ0v) is 16.2. The van der Waals surface area contributed by atoms with Crippen molar-refractivity contribution in [1.29, 1.82) is 5.26 Å². The van der Waals surface area contributed by atoms with E-state index in [4.69, 9.17) is 4.74 Å². The SMILES string of the molecule is CC1(C)CCC[C@]2(C)C3[C@H](C#N)c4cc(O)c(O)cc4O[C@@]3(C)CC[C@@H]12. The van der Waals surface area contributed by atoms with Crippen LogP contribution in [0.5, 0.6) is 17.2 Å². The van der Waals surface area contributed by atoms with Crippen LogP contribution in [0.4, 0.5) is 0 Å². The normalized spacial score (nSPS) is 40.3. The molecule has 2 aliphatic carbocycles. The summed E-state index contributed by atoms with van der Waals surface area (Å²) in [5.41, 5.74) is 0.595. The smallest absolute Gasteiger partial charge is 0.161 e. The lowest BCUT2D eigenvalue weighted by atomic mass is 9.43. The van der Waals surface area contributed by atoms with E-state index in [9.17, 15) is 15.5 Å². The average Bonchev–Trinajstić information content (AvgIpc) is 2.53. The number of nitriles is 1. The Balaban J connectivity index is 1.89. The van der Waals surface area contributed by atoms with Crippen molar-refractivity contribution in [3.8, 4) is 23.3 Å². The summed E-state index contributed by atoms with van der Waals surface area (Å²) in [7, 11) is 0. The molecule has 1 aromatic rings. The Morgan fingerprint density at radius 1 is 1.08 bits per heavy atom. The van der Waals surface area contributed by atoms with Crippen LogP contribution in [0.1, 0.15) is 71.3 Å². The first-order chi connectivity index (χ1) is 12.1. The van der Waals surface area contributed by atoms with Gasteiger partial charge in [0.15, 0.2) is 11.5 Å². The van der Waals surface area contributed by atoms with Crippen molar-refractivity contribution in [2.45, 2.75) is 71.3 Å². The van der Waals surface area contributed by atoms with Gasteiger partial charge in [-0.05, 0) is 55.4 Å². The van der Waals surface area contributed by atoms with Gasteiger partial charge in [-0.1, -0.05) is 27.2 Å². The van der Waals surface area contributed by atoms with Crippen LogP contribution in [0.2, 0.25) is 0 Å². The summed E-state index contributed by atoms with van der Waals surface area (Å²) in [5.74, 6) is 0.474. The molecule has 5 atom stereocenters. The molecule has 2 saturated carbocycles. The van der Waals surface area contributed by atoms with Gasteiger partial charge in [0.2, 0.25) is 0 Å². The standard InChI is InChI=1S/C22H29NO3/c1-20(2)7-5-8-21(3)18(20)6-9-22(4)19(21)14(12-23)13-10-15(24)16(25)11-17(13)26-22/h10-11,14,18-19,24-25H,5-9H2,1-4H3/t14-,18+,19?,21+,22+/m1/s1. The lowest BCUT2D eigenvalue weighted by Crippen LogP contribution is -2.62. The number of fused-ring (bicyclic) bond motifs is 4. The van der Waals surface area contributed by atoms with E-state index in [0.29, 0.717) is 11.7 Å². The maximum atomic E-state index is 10.1. The quantitative estimate of drug-likeness (QED) is 0.635. The van der Waals surface area contributed by atoms with Crippen LogP contribution in [-0.4, -0.2) is 15.8 Å². The number of ether oxygens (including phenoxy) is 1. The van der Waals surface area contributed by atoms with E-state index in [1.807, 2.05) is 0 Å². The molecule has 0 bridgehead atoms. The van der Waals surface area contributed by atoms with Crippen LogP contribution in [0, 0.1) is 34.0 Å². The van der Waals surface area contributed by atoms with Crippen LogP contribution in [-0.2, 0) is 0 Å². The van der Waals surface area contributed by atoms with Gasteiger partial charge in [0.25, 0.3) is 0 Å². The van der Waals surface area contributed by atoms with E-state index < -0.39 is 5.60 Å². The molecular weight excluding hydrogens is 326 g/mol. The molecule has 1 aliphatic heterocycles. The van der Waals surface area contributed by atoms with Crippen LogP contribution in [0.25, 0.3) is 0 Å². The van der Waals surface area contributed by atoms with E-state index in [2.05, 4.69) is 33.8 Å². The fourth-order valence-electron chi connectivity index (χ4n) is 6.87. The highest BCUT2D eigenvalue weighted by molar-refractivity contribution is 5.54. The largest absolute Gasteiger partial charge is 0.504 e. The molecule has 0 aromatic heterocycles. The molecule has 3 aliphatic rings. The lowest BCUT2D eigenvalue weighted by Gasteiger charge is -2.64. The Morgan fingerprint density at radius 2 is 1.77 bits per heavy atom. The van der Waals surface area contributed by atoms with Gasteiger partial charge >= 0.3 is 0 Å². The summed E-state index contributed by atoms with van der Waals surface area (Å²) in [6, 6.07) is 5.54. The minimum Gasteiger partial charge on any atom is -0.504 e. The Hall–Kier alpha value is -1.89. The van der Waals surface area contributed by atoms with Gasteiger partial charge in [0, 0.05) is 17.5 Å². The summed E-state index contributed by atoms with van der Waals surface area (Å²) in [6.07, 6.45) is 5.55. The van der Waals surface area contributed by atoms with E-state index in [1.165, 1.54) is 25.0 Å². The number of rotatable bonds is 0. The second kappa shape index (κ2) is 5.31. The highest BCUT2D eigenvalue weighted by Crippen LogP contribution is 2.67. The lowest BCUT2D eigenvalue weighted by molar-refractivity contribution is -0.167. The summed E-state index contributed by atoms with van der Waals surface area (Å²) >= 11 is 0. The van der Waals surface area contributed by atoms with Crippen LogP contribution in [0.3, 0.4) is 0 Å². The van der Waals surface area contributed by atoms with E-state index in [1.54, 1.807) is 0 Å². The third kappa shape index (κ3) is 2.19. The summed E-state index contributed by atoms with van der Waals surface area (Å²) in [5, 5.41) is 30.1. The number of nitrogens with zero attached hydrogens (tertiary/aromatic N) is 1. The fourth-order valence-corrected chi connectivity index (χ4v) is 6.87. The van der Waals surface area contributed by atoms with Gasteiger partial charge in [-0.3, -0.25) is 0 Å². The molecule has 0 radical (unpaired) electrons. The van der Waals surface area contributed by atoms with Crippen molar-refractivity contribution < 1.29 is 14.9 Å². The first-order valence-electron chi connectivity index (χ1n) is 9.77. The van der Waals surface area contributed by atoms with Crippen molar-refractivity contribution in [2.75, 3.05) is 0 Å². The summed E-state index contributed by atoms with van der Waals surface area (Å²) < 4.78 is 6.45. The second-order valence-corrected chi connectivity index (χ2v) is 9.82. The number of phenolic OH excluding ortho intramolecular Hbond substituents is 2. The van der Waals surface area contributed by atoms with E-state index in [-0.39, 0.29) is 34.2 Å². The first-order valence-corrected chi connectivity index (χ1v) is 9.77. The van der Waals surface area contributed by atoms with Crippen LogP contribution < -0.4 is 4.74 Å². The zero-order valence-electron chi connectivity index (χ0n) is 16.2. The topological polar surface area (TPSA) is 73.5 Å². The van der Waals surface area contributed by atoms with Crippen molar-refractivity contribution >= 4 is 0 Å². The van der Waals surface area contributed by atoms with Gasteiger partial charge < -0.3 is 14.9 Å². The zero-order chi connectivity index (χ0) is 18.9. The van der Waals surface area contributed by atoms with Gasteiger partial charge in [-0.25, -0.2) is 0 Å². The predicted molar refractivity (Wildman–Crippen MR) is 99.1 cm³/mol. The van der Waals surface area contributed by atoms with Gasteiger partial charge in [-0.2, -0.15) is 5.26 Å². The van der Waals surface area contributed by atoms with Crippen molar-refractivity contribution in [3.63, 3.8) is 0 Å². The van der Waals surface area contributed by atoms with Crippen molar-refractivity contribution in [2.24, 2.45) is 22.7 Å². The number of hydrogen-bond acceptors (Lipinski definition) is 4. The summed E-state index contributed by atoms with van der Waals surface area (Å²) in [6.45, 7) is 9.25. The van der Waals surface area contributed by atoms with Crippen LogP contribution in [0.15, 0.2) is 12.1 Å². The molecule has 1 heterocycles. The predicted octanol–water partition coefficient (Wildman–Crippen LogP) is 5.10. The van der Waals surface area contributed by atoms with Gasteiger partial charge in [0.05, 0.1) is 12.0 Å². The van der Waals surface area contributed by atoms with Crippen molar-refractivity contribution in [1.82, 2.24) is 0 Å². The highest BCUT2D eigenvalue weighted by Gasteiger charge is 2.63. The highest BCUT2D eigenvalue weighted by atomic mass is 16.5. The molecule has 26 heavy (non-hydrogen) atoms. The van der Waals surface area contributed by atoms with Crippen LogP contribution >= 0.6 is 0 Å². The molecule has 0 amide bonds. The molecule has 0 spiro atoms. The monoisotopic (exact) mass is 355 g/mol. The third-order valence-electron chi connectivity index (χ3n) is 7.83. The Morgan fingerprint density at radius 3 is 2.46 bits per heavy atom. The molecule has 4 nitrogen and oxygen atoms in total. The van der Waals surface area contributed by atoms with Gasteiger partial charge in [0.1, 0.15) is 11.4 Å². The average molecular weight is 355 g/mol. The Bertz CT molecular complexity index is 795. The molecule has 1 unspecified atom stereocenters. The molecule has 140 valence electrons. The molecule has 4 heteroatoms. The first kappa shape index (κ1) is 17.5. The second-order valence-electron chi connectivity index (χ2n) is 9.82. The molecular formula is C22H29NO3. The number of phenols is 2. The molecule has 1 aromatic carbocycles. The molecule has 2 N–H and O–H groups in total. The summed E-state index contributed by atoms with van der Waals surface area (Å²) in [4.78, 5) is 0. The molecule has 4 rings (SSSR count). The van der Waals surface area contributed by atoms with Gasteiger partial charge in [-0.15, -0.1) is 0 Å². The van der Waals surface area contributed by atoms with E-state index in [0.717, 1.165) is 24.8 Å². The minimum atomic E-state index is -0.421. The fraction of sp³-hybridized carbons (Fsp3) is 0.682. The Labute approximate surface area is 155 Å².